The molecule has 0 spiro atoms. The van der Waals surface area contributed by atoms with Gasteiger partial charge in [-0.1, -0.05) is 6.07 Å². The molecule has 0 aliphatic carbocycles. The van der Waals surface area contributed by atoms with Crippen LogP contribution in [0, 0.1) is 0 Å². The van der Waals surface area contributed by atoms with Gasteiger partial charge < -0.3 is 8.83 Å². The maximum atomic E-state index is 10.9. The first-order chi connectivity index (χ1) is 6.84. The lowest BCUT2D eigenvalue weighted by Crippen LogP contribution is -1.84. The first-order valence-corrected chi connectivity index (χ1v) is 4.11. The van der Waals surface area contributed by atoms with Gasteiger partial charge in [0, 0.05) is 17.8 Å². The van der Waals surface area contributed by atoms with Crippen molar-refractivity contribution in [3.8, 4) is 0 Å². The third-order valence-electron chi connectivity index (χ3n) is 2.12. The number of rotatable bonds is 0. The van der Waals surface area contributed by atoms with E-state index in [2.05, 4.69) is 4.98 Å². The van der Waals surface area contributed by atoms with Crippen LogP contribution in [-0.4, -0.2) is 4.98 Å². The Bertz CT molecular complexity index is 665. The van der Waals surface area contributed by atoms with Crippen molar-refractivity contribution in [3.63, 3.8) is 0 Å². The first kappa shape index (κ1) is 7.32. The standard InChI is InChI=1S/C10H5NO3/c12-10-13-8-2-1-6-3-4-11-5-7(6)9(8)14-10/h1-5H. The van der Waals surface area contributed by atoms with E-state index in [1.54, 1.807) is 18.5 Å². The molecule has 0 saturated heterocycles. The van der Waals surface area contributed by atoms with E-state index in [-0.39, 0.29) is 0 Å². The van der Waals surface area contributed by atoms with Gasteiger partial charge in [-0.25, -0.2) is 4.79 Å². The van der Waals surface area contributed by atoms with Gasteiger partial charge in [0.25, 0.3) is 0 Å². The Morgan fingerprint density at radius 3 is 3.00 bits per heavy atom. The van der Waals surface area contributed by atoms with Gasteiger partial charge in [0.2, 0.25) is 0 Å². The third-order valence-corrected chi connectivity index (χ3v) is 2.12. The Morgan fingerprint density at radius 2 is 2.07 bits per heavy atom. The van der Waals surface area contributed by atoms with Crippen LogP contribution in [0.1, 0.15) is 0 Å². The van der Waals surface area contributed by atoms with E-state index >= 15 is 0 Å². The van der Waals surface area contributed by atoms with Crippen molar-refractivity contribution in [2.24, 2.45) is 0 Å². The molecule has 3 rings (SSSR count). The summed E-state index contributed by atoms with van der Waals surface area (Å²) in [6.45, 7) is 0. The zero-order valence-corrected chi connectivity index (χ0v) is 7.06. The van der Waals surface area contributed by atoms with Crippen molar-refractivity contribution in [2.75, 3.05) is 0 Å². The molecule has 0 bridgehead atoms. The molecule has 1 aromatic carbocycles. The number of hydrogen-bond acceptors (Lipinski definition) is 4. The lowest BCUT2D eigenvalue weighted by atomic mass is 10.2. The monoisotopic (exact) mass is 187 g/mol. The summed E-state index contributed by atoms with van der Waals surface area (Å²) in [5.41, 5.74) is 0.913. The smallest absolute Gasteiger partial charge is 0.391 e. The quantitative estimate of drug-likeness (QED) is 0.539. The summed E-state index contributed by atoms with van der Waals surface area (Å²) in [6, 6.07) is 5.42. The molecule has 0 aliphatic rings. The zero-order valence-electron chi connectivity index (χ0n) is 7.06. The third kappa shape index (κ3) is 0.877. The first-order valence-electron chi connectivity index (χ1n) is 4.11. The van der Waals surface area contributed by atoms with Gasteiger partial charge in [0.05, 0.1) is 0 Å². The number of pyridine rings is 1. The summed E-state index contributed by atoms with van der Waals surface area (Å²) in [6.07, 6.45) is 3.34. The Labute approximate surface area is 77.8 Å². The molecule has 4 heteroatoms. The normalized spacial score (nSPS) is 11.1. The molecule has 2 aromatic heterocycles. The van der Waals surface area contributed by atoms with E-state index in [9.17, 15) is 4.79 Å². The summed E-state index contributed by atoms with van der Waals surface area (Å²) in [7, 11) is 0. The van der Waals surface area contributed by atoms with E-state index in [0.29, 0.717) is 11.2 Å². The predicted octanol–water partition coefficient (Wildman–Crippen LogP) is 1.93. The summed E-state index contributed by atoms with van der Waals surface area (Å²) in [5.74, 6) is -0.684. The molecule has 0 atom stereocenters. The van der Waals surface area contributed by atoms with Crippen LogP contribution in [0.25, 0.3) is 21.9 Å². The van der Waals surface area contributed by atoms with Crippen LogP contribution < -0.4 is 5.82 Å². The second-order valence-electron chi connectivity index (χ2n) is 2.94. The van der Waals surface area contributed by atoms with Crippen LogP contribution in [0.5, 0.6) is 0 Å². The number of hydrogen-bond donors (Lipinski definition) is 0. The Morgan fingerprint density at radius 1 is 1.14 bits per heavy atom. The molecule has 0 aliphatic heterocycles. The van der Waals surface area contributed by atoms with Gasteiger partial charge in [-0.2, -0.15) is 0 Å². The highest BCUT2D eigenvalue weighted by Crippen LogP contribution is 2.23. The summed E-state index contributed by atoms with van der Waals surface area (Å²) in [4.78, 5) is 14.8. The lowest BCUT2D eigenvalue weighted by Gasteiger charge is -1.93. The van der Waals surface area contributed by atoms with E-state index in [1.807, 2.05) is 12.1 Å². The summed E-state index contributed by atoms with van der Waals surface area (Å²) >= 11 is 0. The van der Waals surface area contributed by atoms with Crippen LogP contribution >= 0.6 is 0 Å². The van der Waals surface area contributed by atoms with Crippen molar-refractivity contribution in [1.29, 1.82) is 0 Å². The molecule has 0 fully saturated rings. The molecule has 3 aromatic rings. The van der Waals surface area contributed by atoms with Crippen molar-refractivity contribution in [2.45, 2.75) is 0 Å². The molecule has 0 unspecified atom stereocenters. The molecule has 2 heterocycles. The van der Waals surface area contributed by atoms with Gasteiger partial charge in [-0.15, -0.1) is 0 Å². The number of fused-ring (bicyclic) bond motifs is 3. The highest BCUT2D eigenvalue weighted by Gasteiger charge is 2.07. The van der Waals surface area contributed by atoms with Crippen molar-refractivity contribution in [3.05, 3.63) is 41.2 Å². The highest BCUT2D eigenvalue weighted by molar-refractivity contribution is 6.01. The van der Waals surface area contributed by atoms with Crippen LogP contribution in [0.15, 0.2) is 44.2 Å². The molecule has 68 valence electrons. The van der Waals surface area contributed by atoms with Crippen LogP contribution in [0.2, 0.25) is 0 Å². The highest BCUT2D eigenvalue weighted by atomic mass is 16.6. The summed E-state index contributed by atoms with van der Waals surface area (Å²) in [5, 5.41) is 1.76. The Kier molecular flexibility index (Phi) is 1.28. The zero-order chi connectivity index (χ0) is 9.54. The maximum Gasteiger partial charge on any atom is 0.519 e. The molecule has 0 amide bonds. The molecule has 0 saturated carbocycles. The van der Waals surface area contributed by atoms with E-state index in [4.69, 9.17) is 8.83 Å². The van der Waals surface area contributed by atoms with Gasteiger partial charge in [-0.05, 0) is 17.5 Å². The molecule has 0 radical (unpaired) electrons. The fourth-order valence-corrected chi connectivity index (χ4v) is 1.49. The molecule has 4 nitrogen and oxygen atoms in total. The minimum absolute atomic E-state index is 0.454. The number of aromatic nitrogens is 1. The largest absolute Gasteiger partial charge is 0.519 e. The van der Waals surface area contributed by atoms with Gasteiger partial charge >= 0.3 is 5.82 Å². The minimum atomic E-state index is -0.684. The average molecular weight is 187 g/mol. The molecule has 14 heavy (non-hydrogen) atoms. The summed E-state index contributed by atoms with van der Waals surface area (Å²) < 4.78 is 9.74. The van der Waals surface area contributed by atoms with Crippen molar-refractivity contribution < 1.29 is 8.83 Å². The van der Waals surface area contributed by atoms with Crippen molar-refractivity contribution >= 4 is 21.9 Å². The number of benzene rings is 1. The van der Waals surface area contributed by atoms with Crippen LogP contribution in [0.3, 0.4) is 0 Å². The van der Waals surface area contributed by atoms with E-state index < -0.39 is 5.82 Å². The minimum Gasteiger partial charge on any atom is -0.391 e. The second kappa shape index (κ2) is 2.45. The fraction of sp³-hybridized carbons (Fsp3) is 0. The van der Waals surface area contributed by atoms with Gasteiger partial charge in [-0.3, -0.25) is 4.98 Å². The Balaban J connectivity index is 2.66. The SMILES string of the molecule is O=c1oc2ccc3ccncc3c2o1. The fourth-order valence-electron chi connectivity index (χ4n) is 1.49. The average Bonchev–Trinajstić information content (AvgIpc) is 2.59. The topological polar surface area (TPSA) is 56.2 Å². The maximum absolute atomic E-state index is 10.9. The second-order valence-corrected chi connectivity index (χ2v) is 2.94. The Hall–Kier alpha value is -2.10. The van der Waals surface area contributed by atoms with E-state index in [0.717, 1.165) is 10.8 Å². The molecular formula is C10H5NO3. The van der Waals surface area contributed by atoms with Crippen LogP contribution in [0.4, 0.5) is 0 Å². The van der Waals surface area contributed by atoms with E-state index in [1.165, 1.54) is 0 Å². The van der Waals surface area contributed by atoms with Gasteiger partial charge in [0.1, 0.15) is 0 Å². The van der Waals surface area contributed by atoms with Crippen LogP contribution in [-0.2, 0) is 0 Å². The number of nitrogens with zero attached hydrogens (tertiary/aromatic N) is 1. The molecular weight excluding hydrogens is 182 g/mol. The molecule has 0 N–H and O–H groups in total. The van der Waals surface area contributed by atoms with Crippen molar-refractivity contribution in [1.82, 2.24) is 4.98 Å². The predicted molar refractivity (Wildman–Crippen MR) is 50.1 cm³/mol. The van der Waals surface area contributed by atoms with Gasteiger partial charge in [0.15, 0.2) is 11.2 Å². The lowest BCUT2D eigenvalue weighted by molar-refractivity contribution is 0.410.